The summed E-state index contributed by atoms with van der Waals surface area (Å²) in [5.74, 6) is 0.287. The SMILES string of the molecule is CCc1ccccc1NC(=O)C[NH+]1CC[NH+]([C@H](C)C(=O)N2CCc3ccccc32)CC1. The molecule has 2 amide bonds. The Kier molecular flexibility index (Phi) is 6.68. The van der Waals surface area contributed by atoms with Gasteiger partial charge in [-0.2, -0.15) is 0 Å². The summed E-state index contributed by atoms with van der Waals surface area (Å²) in [4.78, 5) is 30.3. The van der Waals surface area contributed by atoms with E-state index in [-0.39, 0.29) is 17.9 Å². The summed E-state index contributed by atoms with van der Waals surface area (Å²) in [6, 6.07) is 16.2. The van der Waals surface area contributed by atoms with Crippen LogP contribution in [0.4, 0.5) is 11.4 Å². The van der Waals surface area contributed by atoms with Gasteiger partial charge in [0.2, 0.25) is 0 Å². The van der Waals surface area contributed by atoms with Crippen molar-refractivity contribution in [2.24, 2.45) is 0 Å². The van der Waals surface area contributed by atoms with Crippen molar-refractivity contribution in [3.05, 3.63) is 59.7 Å². The van der Waals surface area contributed by atoms with Gasteiger partial charge in [0, 0.05) is 17.9 Å². The highest BCUT2D eigenvalue weighted by molar-refractivity contribution is 5.98. The van der Waals surface area contributed by atoms with Crippen LogP contribution in [0.2, 0.25) is 0 Å². The lowest BCUT2D eigenvalue weighted by Gasteiger charge is -2.33. The molecule has 1 atom stereocenters. The quantitative estimate of drug-likeness (QED) is 0.611. The van der Waals surface area contributed by atoms with E-state index in [0.29, 0.717) is 6.54 Å². The number of amides is 2. The van der Waals surface area contributed by atoms with Crippen molar-refractivity contribution in [1.29, 1.82) is 0 Å². The first kappa shape index (κ1) is 21.5. The Labute approximate surface area is 184 Å². The number of carbonyl (C=O) groups is 2. The number of aryl methyl sites for hydroxylation is 1. The van der Waals surface area contributed by atoms with Crippen molar-refractivity contribution in [3.63, 3.8) is 0 Å². The Morgan fingerprint density at radius 3 is 2.52 bits per heavy atom. The molecule has 3 N–H and O–H groups in total. The van der Waals surface area contributed by atoms with E-state index in [9.17, 15) is 9.59 Å². The van der Waals surface area contributed by atoms with Gasteiger partial charge < -0.3 is 20.0 Å². The van der Waals surface area contributed by atoms with Gasteiger partial charge in [-0.05, 0) is 43.0 Å². The molecule has 2 aromatic rings. The van der Waals surface area contributed by atoms with E-state index in [1.165, 1.54) is 15.4 Å². The van der Waals surface area contributed by atoms with Crippen LogP contribution in [0.1, 0.15) is 25.0 Å². The van der Waals surface area contributed by atoms with Crippen LogP contribution in [0.5, 0.6) is 0 Å². The van der Waals surface area contributed by atoms with Crippen LogP contribution >= 0.6 is 0 Å². The molecule has 1 saturated heterocycles. The predicted molar refractivity (Wildman–Crippen MR) is 123 cm³/mol. The third-order valence-corrected chi connectivity index (χ3v) is 6.82. The van der Waals surface area contributed by atoms with Crippen molar-refractivity contribution >= 4 is 23.2 Å². The first-order valence-electron chi connectivity index (χ1n) is 11.5. The van der Waals surface area contributed by atoms with E-state index in [2.05, 4.69) is 37.4 Å². The molecule has 164 valence electrons. The Morgan fingerprint density at radius 1 is 1.03 bits per heavy atom. The molecule has 0 unspecified atom stereocenters. The molecule has 0 spiro atoms. The van der Waals surface area contributed by atoms with Crippen LogP contribution in [-0.4, -0.2) is 57.1 Å². The second kappa shape index (κ2) is 9.62. The van der Waals surface area contributed by atoms with Crippen LogP contribution in [-0.2, 0) is 22.4 Å². The number of hydrogen-bond acceptors (Lipinski definition) is 2. The van der Waals surface area contributed by atoms with E-state index in [1.54, 1.807) is 0 Å². The largest absolute Gasteiger partial charge is 0.321 e. The zero-order chi connectivity index (χ0) is 21.8. The van der Waals surface area contributed by atoms with Gasteiger partial charge in [-0.15, -0.1) is 0 Å². The van der Waals surface area contributed by atoms with Crippen molar-refractivity contribution in [2.75, 3.05) is 49.5 Å². The summed E-state index contributed by atoms with van der Waals surface area (Å²) < 4.78 is 0. The molecule has 4 rings (SSSR count). The summed E-state index contributed by atoms with van der Waals surface area (Å²) in [5, 5.41) is 3.08. The summed E-state index contributed by atoms with van der Waals surface area (Å²) >= 11 is 0. The van der Waals surface area contributed by atoms with E-state index in [0.717, 1.165) is 62.5 Å². The van der Waals surface area contributed by atoms with Crippen molar-refractivity contribution in [1.82, 2.24) is 0 Å². The Balaban J connectivity index is 1.27. The highest BCUT2D eigenvalue weighted by Gasteiger charge is 2.36. The van der Waals surface area contributed by atoms with Gasteiger partial charge >= 0.3 is 0 Å². The molecule has 0 saturated carbocycles. The zero-order valence-electron chi connectivity index (χ0n) is 18.6. The summed E-state index contributed by atoms with van der Waals surface area (Å²) in [7, 11) is 0. The second-order valence-corrected chi connectivity index (χ2v) is 8.73. The van der Waals surface area contributed by atoms with Gasteiger partial charge in [0.15, 0.2) is 12.6 Å². The number of nitrogens with one attached hydrogen (secondary N) is 3. The number of para-hydroxylation sites is 2. The topological polar surface area (TPSA) is 58.3 Å². The molecule has 31 heavy (non-hydrogen) atoms. The maximum absolute atomic E-state index is 13.2. The van der Waals surface area contributed by atoms with Gasteiger partial charge in [0.05, 0.1) is 0 Å². The number of benzene rings is 2. The molecule has 6 heteroatoms. The van der Waals surface area contributed by atoms with E-state index >= 15 is 0 Å². The average molecular weight is 423 g/mol. The van der Waals surface area contributed by atoms with Gasteiger partial charge in [-0.25, -0.2) is 0 Å². The van der Waals surface area contributed by atoms with Crippen LogP contribution in [0.3, 0.4) is 0 Å². The Morgan fingerprint density at radius 2 is 1.74 bits per heavy atom. The fraction of sp³-hybridized carbons (Fsp3) is 0.440. The smallest absolute Gasteiger partial charge is 0.284 e. The molecule has 1 fully saturated rings. The molecule has 0 bridgehead atoms. The van der Waals surface area contributed by atoms with Crippen LogP contribution in [0, 0.1) is 0 Å². The number of quaternary nitrogens is 2. The van der Waals surface area contributed by atoms with Crippen LogP contribution in [0.25, 0.3) is 0 Å². The Hall–Kier alpha value is -2.70. The molecule has 0 radical (unpaired) electrons. The molecule has 0 aliphatic carbocycles. The van der Waals surface area contributed by atoms with Crippen LogP contribution < -0.4 is 20.0 Å². The fourth-order valence-corrected chi connectivity index (χ4v) is 4.88. The number of anilines is 2. The molecule has 2 aliphatic rings. The van der Waals surface area contributed by atoms with Crippen molar-refractivity contribution in [2.45, 2.75) is 32.7 Å². The number of fused-ring (bicyclic) bond motifs is 1. The minimum Gasteiger partial charge on any atom is -0.321 e. The van der Waals surface area contributed by atoms with Gasteiger partial charge in [-0.3, -0.25) is 9.59 Å². The Bertz CT molecular complexity index is 937. The number of nitrogens with zero attached hydrogens (tertiary/aromatic N) is 1. The van der Waals surface area contributed by atoms with Crippen molar-refractivity contribution in [3.8, 4) is 0 Å². The summed E-state index contributed by atoms with van der Waals surface area (Å²) in [6.45, 7) is 9.06. The summed E-state index contributed by atoms with van der Waals surface area (Å²) in [6.07, 6.45) is 1.84. The maximum atomic E-state index is 13.2. The minimum absolute atomic E-state index is 0.0574. The predicted octanol–water partition coefficient (Wildman–Crippen LogP) is -0.0513. The number of hydrogen-bond donors (Lipinski definition) is 3. The van der Waals surface area contributed by atoms with E-state index in [4.69, 9.17) is 0 Å². The fourth-order valence-electron chi connectivity index (χ4n) is 4.88. The first-order valence-corrected chi connectivity index (χ1v) is 11.5. The molecule has 6 nitrogen and oxygen atoms in total. The van der Waals surface area contributed by atoms with Gasteiger partial charge in [-0.1, -0.05) is 43.3 Å². The maximum Gasteiger partial charge on any atom is 0.284 e. The lowest BCUT2D eigenvalue weighted by atomic mass is 10.1. The minimum atomic E-state index is -0.0574. The van der Waals surface area contributed by atoms with Gasteiger partial charge in [0.1, 0.15) is 26.2 Å². The third kappa shape index (κ3) is 4.81. The third-order valence-electron chi connectivity index (χ3n) is 6.82. The monoisotopic (exact) mass is 422 g/mol. The second-order valence-electron chi connectivity index (χ2n) is 8.73. The lowest BCUT2D eigenvalue weighted by Crippen LogP contribution is -3.30. The average Bonchev–Trinajstić information content (AvgIpc) is 3.23. The summed E-state index contributed by atoms with van der Waals surface area (Å²) in [5.41, 5.74) is 4.43. The molecule has 2 aromatic carbocycles. The standard InChI is InChI=1S/C25H32N4O2/c1-3-20-8-4-6-10-22(20)26-24(30)18-27-14-16-28(17-15-27)19(2)25(31)29-13-12-21-9-5-7-11-23(21)29/h4-11,19H,3,12-18H2,1-2H3,(H,26,30)/p+2/t19-/m1/s1. The lowest BCUT2D eigenvalue weighted by molar-refractivity contribution is -1.01. The highest BCUT2D eigenvalue weighted by atomic mass is 16.2. The number of carbonyl (C=O) groups excluding carboxylic acids is 2. The van der Waals surface area contributed by atoms with E-state index in [1.807, 2.05) is 35.2 Å². The normalized spacial score (nSPS) is 21.4. The molecular formula is C25H34N4O2+2. The zero-order valence-corrected chi connectivity index (χ0v) is 18.6. The molecular weight excluding hydrogens is 388 g/mol. The number of rotatable bonds is 6. The molecule has 2 aliphatic heterocycles. The molecule has 2 heterocycles. The highest BCUT2D eigenvalue weighted by Crippen LogP contribution is 2.27. The molecule has 0 aromatic heterocycles. The van der Waals surface area contributed by atoms with Crippen molar-refractivity contribution < 1.29 is 19.4 Å². The number of piperazine rings is 1. The van der Waals surface area contributed by atoms with E-state index < -0.39 is 0 Å². The van der Waals surface area contributed by atoms with Gasteiger partial charge in [0.25, 0.3) is 11.8 Å². The first-order chi connectivity index (χ1) is 15.1. The van der Waals surface area contributed by atoms with Crippen LogP contribution in [0.15, 0.2) is 48.5 Å².